The van der Waals surface area contributed by atoms with Crippen LogP contribution in [0.2, 0.25) is 0 Å². The average molecular weight is 736 g/mol. The van der Waals surface area contributed by atoms with E-state index in [1.54, 1.807) is 55.5 Å². The number of anilines is 1. The van der Waals surface area contributed by atoms with Gasteiger partial charge in [-0.15, -0.1) is 0 Å². The average Bonchev–Trinajstić information content (AvgIpc) is 3.10. The number of ether oxygens (including phenoxy) is 4. The molecule has 3 aromatic carbocycles. The first-order valence-corrected chi connectivity index (χ1v) is 19.2. The predicted molar refractivity (Wildman–Crippen MR) is 188 cm³/mol. The van der Waals surface area contributed by atoms with E-state index < -0.39 is 42.1 Å². The molecule has 0 aliphatic carbocycles. The molecule has 0 aromatic heterocycles. The molecule has 0 amide bonds. The van der Waals surface area contributed by atoms with Gasteiger partial charge in [-0.2, -0.15) is 12.7 Å². The van der Waals surface area contributed by atoms with E-state index in [2.05, 4.69) is 5.32 Å². The van der Waals surface area contributed by atoms with Crippen LogP contribution >= 0.6 is 0 Å². The van der Waals surface area contributed by atoms with E-state index >= 15 is 0 Å². The summed E-state index contributed by atoms with van der Waals surface area (Å²) in [4.78, 5) is 11.5. The summed E-state index contributed by atoms with van der Waals surface area (Å²) < 4.78 is 85.0. The van der Waals surface area contributed by atoms with Crippen molar-refractivity contribution in [1.29, 1.82) is 0 Å². The van der Waals surface area contributed by atoms with E-state index in [1.165, 1.54) is 31.5 Å². The van der Waals surface area contributed by atoms with E-state index in [-0.39, 0.29) is 48.2 Å². The van der Waals surface area contributed by atoms with E-state index in [0.717, 1.165) is 18.9 Å². The minimum absolute atomic E-state index is 0.0204. The molecule has 1 aliphatic rings. The molecule has 1 saturated heterocycles. The van der Waals surface area contributed by atoms with Crippen molar-refractivity contribution in [3.8, 4) is 17.2 Å². The number of rotatable bonds is 18. The molecule has 0 bridgehead atoms. The third kappa shape index (κ3) is 10.5. The van der Waals surface area contributed by atoms with Crippen molar-refractivity contribution in [3.05, 3.63) is 81.9 Å². The molecule has 1 heterocycles. The molecule has 0 radical (unpaired) electrons. The van der Waals surface area contributed by atoms with Crippen molar-refractivity contribution in [2.45, 2.75) is 68.9 Å². The van der Waals surface area contributed by atoms with Gasteiger partial charge in [0.05, 0.1) is 35.4 Å². The highest BCUT2D eigenvalue weighted by Crippen LogP contribution is 2.40. The van der Waals surface area contributed by atoms with Gasteiger partial charge in [-0.3, -0.25) is 14.7 Å². The number of hydrogen-bond donors (Lipinski definition) is 2. The van der Waals surface area contributed by atoms with E-state index in [0.29, 0.717) is 42.4 Å². The second kappa shape index (κ2) is 17.3. The fourth-order valence-corrected chi connectivity index (χ4v) is 7.36. The third-order valence-corrected chi connectivity index (χ3v) is 11.7. The largest absolute Gasteiger partial charge is 0.497 e. The molecule has 274 valence electrons. The van der Waals surface area contributed by atoms with Gasteiger partial charge < -0.3 is 24.3 Å². The Morgan fingerprint density at radius 3 is 1.94 bits per heavy atom. The van der Waals surface area contributed by atoms with Crippen LogP contribution in [-0.4, -0.2) is 75.9 Å². The highest BCUT2D eigenvalue weighted by atomic mass is 32.2. The standard InChI is InChI=1S/C34H45N3O11S2/c1-24(5-6-25(2)50(42,43)44)48-33-20-31(19-32(37(38)39)34(33)35-21-26-15-17-47-18-16-26)49(40,41)36(22-27-7-11-29(45-3)12-8-27)23-28-9-13-30(46-4)14-10-28/h7-14,19-20,24-26,35H,5-6,15-18,21-23H2,1-4H3,(H,42,43,44)/t24-,25-/m1/s1. The molecule has 4 rings (SSSR count). The van der Waals surface area contributed by atoms with Gasteiger partial charge in [0, 0.05) is 45.0 Å². The lowest BCUT2D eigenvalue weighted by Crippen LogP contribution is -2.30. The summed E-state index contributed by atoms with van der Waals surface area (Å²) in [6.45, 7) is 4.38. The number of nitro benzene ring substituents is 1. The molecular weight excluding hydrogens is 691 g/mol. The summed E-state index contributed by atoms with van der Waals surface area (Å²) in [6, 6.07) is 16.1. The molecule has 14 nitrogen and oxygen atoms in total. The summed E-state index contributed by atoms with van der Waals surface area (Å²) in [7, 11) is -5.64. The zero-order chi connectivity index (χ0) is 36.5. The molecule has 16 heteroatoms. The number of nitrogens with one attached hydrogen (secondary N) is 1. The number of sulfonamides is 1. The second-order valence-electron chi connectivity index (χ2n) is 12.3. The zero-order valence-corrected chi connectivity index (χ0v) is 30.2. The van der Waals surface area contributed by atoms with Crippen LogP contribution in [0.5, 0.6) is 17.2 Å². The van der Waals surface area contributed by atoms with Gasteiger partial charge in [0.2, 0.25) is 10.0 Å². The van der Waals surface area contributed by atoms with Gasteiger partial charge >= 0.3 is 0 Å². The van der Waals surface area contributed by atoms with Crippen LogP contribution in [0, 0.1) is 16.0 Å². The molecule has 0 spiro atoms. The first kappa shape index (κ1) is 38.8. The third-order valence-electron chi connectivity index (χ3n) is 8.65. The van der Waals surface area contributed by atoms with Crippen LogP contribution in [0.1, 0.15) is 50.7 Å². The predicted octanol–water partition coefficient (Wildman–Crippen LogP) is 5.67. The van der Waals surface area contributed by atoms with Crippen LogP contribution in [0.4, 0.5) is 11.4 Å². The van der Waals surface area contributed by atoms with Gasteiger partial charge in [0.25, 0.3) is 15.8 Å². The molecule has 50 heavy (non-hydrogen) atoms. The van der Waals surface area contributed by atoms with Crippen molar-refractivity contribution in [2.75, 3.05) is 39.3 Å². The highest BCUT2D eigenvalue weighted by molar-refractivity contribution is 7.89. The van der Waals surface area contributed by atoms with E-state index in [1.807, 2.05) is 0 Å². The zero-order valence-electron chi connectivity index (χ0n) is 28.6. The monoisotopic (exact) mass is 735 g/mol. The van der Waals surface area contributed by atoms with Crippen LogP contribution in [0.25, 0.3) is 0 Å². The van der Waals surface area contributed by atoms with Crippen molar-refractivity contribution in [3.63, 3.8) is 0 Å². The topological polar surface area (TPSA) is 184 Å². The molecule has 0 saturated carbocycles. The molecule has 2 N–H and O–H groups in total. The number of methoxy groups -OCH3 is 2. The maximum Gasteiger partial charge on any atom is 0.297 e. The van der Waals surface area contributed by atoms with Crippen molar-refractivity contribution >= 4 is 31.5 Å². The number of hydrogen-bond acceptors (Lipinski definition) is 11. The Morgan fingerprint density at radius 1 is 0.920 bits per heavy atom. The Balaban J connectivity index is 1.76. The van der Waals surface area contributed by atoms with Gasteiger partial charge in [-0.25, -0.2) is 8.42 Å². The quantitative estimate of drug-likeness (QED) is 0.0929. The molecule has 1 aliphatic heterocycles. The first-order chi connectivity index (χ1) is 23.7. The number of nitrogens with zero attached hydrogens (tertiary/aromatic N) is 2. The van der Waals surface area contributed by atoms with Gasteiger partial charge in [-0.1, -0.05) is 24.3 Å². The van der Waals surface area contributed by atoms with Gasteiger partial charge in [0.15, 0.2) is 11.4 Å². The summed E-state index contributed by atoms with van der Waals surface area (Å²) in [5.74, 6) is 1.29. The van der Waals surface area contributed by atoms with E-state index in [9.17, 15) is 31.5 Å². The highest BCUT2D eigenvalue weighted by Gasteiger charge is 2.32. The summed E-state index contributed by atoms with van der Waals surface area (Å²) in [6.07, 6.45) is 1.00. The summed E-state index contributed by atoms with van der Waals surface area (Å²) >= 11 is 0. The molecule has 0 unspecified atom stereocenters. The van der Waals surface area contributed by atoms with Gasteiger partial charge in [0.1, 0.15) is 11.5 Å². The normalized spacial score (nSPS) is 15.3. The minimum atomic E-state index is -4.41. The smallest absolute Gasteiger partial charge is 0.297 e. The van der Waals surface area contributed by atoms with Crippen molar-refractivity contribution < 1.29 is 45.3 Å². The number of nitro groups is 1. The SMILES string of the molecule is COc1ccc(CN(Cc2ccc(OC)cc2)S(=O)(=O)c2cc(O[C@H](C)CC[C@@H](C)S(=O)(=O)O)c(NCC3CCOCC3)c([N+](=O)[O-])c2)cc1. The molecule has 2 atom stereocenters. The molecule has 1 fully saturated rings. The Hall–Kier alpha value is -3.96. The summed E-state index contributed by atoms with van der Waals surface area (Å²) in [5, 5.41) is 14.6. The lowest BCUT2D eigenvalue weighted by Gasteiger charge is -2.26. The maximum absolute atomic E-state index is 14.5. The molecular formula is C34H45N3O11S2. The Kier molecular flexibility index (Phi) is 13.4. The number of benzene rings is 3. The van der Waals surface area contributed by atoms with Crippen molar-refractivity contribution in [1.82, 2.24) is 4.31 Å². The lowest BCUT2D eigenvalue weighted by molar-refractivity contribution is -0.384. The van der Waals surface area contributed by atoms with Crippen LogP contribution in [0.3, 0.4) is 0 Å². The Bertz CT molecular complexity index is 1750. The second-order valence-corrected chi connectivity index (χ2v) is 16.1. The first-order valence-electron chi connectivity index (χ1n) is 16.2. The Labute approximate surface area is 293 Å². The fourth-order valence-electron chi connectivity index (χ4n) is 5.47. The van der Waals surface area contributed by atoms with Gasteiger partial charge in [-0.05, 0) is 80.8 Å². The van der Waals surface area contributed by atoms with Crippen molar-refractivity contribution in [2.24, 2.45) is 5.92 Å². The Morgan fingerprint density at radius 2 is 1.46 bits per heavy atom. The van der Waals surface area contributed by atoms with Crippen LogP contribution < -0.4 is 19.5 Å². The maximum atomic E-state index is 14.5. The van der Waals surface area contributed by atoms with E-state index in [4.69, 9.17) is 18.9 Å². The van der Waals surface area contributed by atoms with Crippen LogP contribution in [0.15, 0.2) is 65.6 Å². The minimum Gasteiger partial charge on any atom is -0.497 e. The molecule has 3 aromatic rings. The summed E-state index contributed by atoms with van der Waals surface area (Å²) in [5.41, 5.74) is 0.850. The van der Waals surface area contributed by atoms with Crippen LogP contribution in [-0.2, 0) is 38.0 Å². The lowest BCUT2D eigenvalue weighted by atomic mass is 10.0. The fraction of sp³-hybridized carbons (Fsp3) is 0.471.